The summed E-state index contributed by atoms with van der Waals surface area (Å²) in [7, 11) is 0. The monoisotopic (exact) mass is 195 g/mol. The summed E-state index contributed by atoms with van der Waals surface area (Å²) in [6.45, 7) is 4.18. The first-order valence-electron chi connectivity index (χ1n) is 6.02. The van der Waals surface area contributed by atoms with Crippen LogP contribution in [-0.2, 0) is 4.79 Å². The summed E-state index contributed by atoms with van der Waals surface area (Å²) < 4.78 is 0. The second-order valence-corrected chi connectivity index (χ2v) is 5.12. The Morgan fingerprint density at radius 3 is 2.14 bits per heavy atom. The smallest absolute Gasteiger partial charge is 0.228 e. The van der Waals surface area contributed by atoms with Gasteiger partial charge in [-0.15, -0.1) is 0 Å². The summed E-state index contributed by atoms with van der Waals surface area (Å²) >= 11 is 0. The molecule has 2 fully saturated rings. The minimum absolute atomic E-state index is 0.00264. The van der Waals surface area contributed by atoms with Crippen LogP contribution in [0.4, 0.5) is 0 Å². The van der Waals surface area contributed by atoms with Crippen molar-refractivity contribution in [2.75, 3.05) is 13.1 Å². The lowest BCUT2D eigenvalue weighted by Crippen LogP contribution is -2.43. The van der Waals surface area contributed by atoms with Crippen molar-refractivity contribution in [3.63, 3.8) is 0 Å². The van der Waals surface area contributed by atoms with E-state index in [-0.39, 0.29) is 5.41 Å². The van der Waals surface area contributed by atoms with E-state index in [2.05, 4.69) is 11.8 Å². The Bertz CT molecular complexity index is 212. The number of piperidine rings is 1. The fourth-order valence-electron chi connectivity index (χ4n) is 2.85. The van der Waals surface area contributed by atoms with Crippen LogP contribution in [-0.4, -0.2) is 23.9 Å². The molecule has 1 aliphatic carbocycles. The summed E-state index contributed by atoms with van der Waals surface area (Å²) in [5, 5.41) is 0. The zero-order valence-electron chi connectivity index (χ0n) is 9.22. The predicted octanol–water partition coefficient (Wildman–Crippen LogP) is 2.58. The molecule has 0 bridgehead atoms. The van der Waals surface area contributed by atoms with Crippen LogP contribution in [0, 0.1) is 5.41 Å². The zero-order chi connectivity index (χ0) is 10.0. The zero-order valence-corrected chi connectivity index (χ0v) is 9.22. The van der Waals surface area contributed by atoms with Gasteiger partial charge in [-0.2, -0.15) is 0 Å². The highest BCUT2D eigenvalue weighted by Crippen LogP contribution is 2.39. The Morgan fingerprint density at radius 2 is 1.57 bits per heavy atom. The molecule has 80 valence electrons. The number of likely N-dealkylation sites (tertiary alicyclic amines) is 1. The number of hydrogen-bond acceptors (Lipinski definition) is 1. The van der Waals surface area contributed by atoms with Crippen molar-refractivity contribution in [3.05, 3.63) is 0 Å². The Morgan fingerprint density at radius 1 is 1.00 bits per heavy atom. The maximum absolute atomic E-state index is 12.2. The van der Waals surface area contributed by atoms with E-state index < -0.39 is 0 Å². The fraction of sp³-hybridized carbons (Fsp3) is 0.917. The maximum atomic E-state index is 12.2. The van der Waals surface area contributed by atoms with E-state index in [0.717, 1.165) is 25.9 Å². The molecule has 1 amide bonds. The number of carbonyl (C=O) groups excluding carboxylic acids is 1. The molecule has 0 aromatic rings. The van der Waals surface area contributed by atoms with Crippen LogP contribution in [0.25, 0.3) is 0 Å². The molecule has 0 N–H and O–H groups in total. The molecule has 2 rings (SSSR count). The van der Waals surface area contributed by atoms with Gasteiger partial charge in [-0.05, 0) is 32.1 Å². The van der Waals surface area contributed by atoms with Crippen LogP contribution in [0.2, 0.25) is 0 Å². The average molecular weight is 195 g/mol. The lowest BCUT2D eigenvalue weighted by molar-refractivity contribution is -0.141. The average Bonchev–Trinajstić information content (AvgIpc) is 2.67. The molecular weight excluding hydrogens is 174 g/mol. The normalized spacial score (nSPS) is 26.5. The van der Waals surface area contributed by atoms with E-state index in [4.69, 9.17) is 0 Å². The SMILES string of the molecule is CC1(C(=O)N2CCCCC2)CCCC1. The Hall–Kier alpha value is -0.530. The Kier molecular flexibility index (Phi) is 2.80. The lowest BCUT2D eigenvalue weighted by atomic mass is 9.86. The van der Waals surface area contributed by atoms with Crippen molar-refractivity contribution < 1.29 is 4.79 Å². The van der Waals surface area contributed by atoms with E-state index in [0.29, 0.717) is 5.91 Å². The van der Waals surface area contributed by atoms with Crippen molar-refractivity contribution in [3.8, 4) is 0 Å². The molecule has 0 atom stereocenters. The molecule has 0 aromatic carbocycles. The van der Waals surface area contributed by atoms with Gasteiger partial charge in [-0.3, -0.25) is 4.79 Å². The van der Waals surface area contributed by atoms with E-state index >= 15 is 0 Å². The summed E-state index contributed by atoms with van der Waals surface area (Å²) in [5.74, 6) is 0.440. The van der Waals surface area contributed by atoms with Crippen LogP contribution >= 0.6 is 0 Å². The summed E-state index contributed by atoms with van der Waals surface area (Å²) in [6.07, 6.45) is 8.45. The first kappa shape index (κ1) is 10.0. The number of rotatable bonds is 1. The van der Waals surface area contributed by atoms with E-state index in [1.165, 1.54) is 32.1 Å². The van der Waals surface area contributed by atoms with E-state index in [1.807, 2.05) is 0 Å². The Balaban J connectivity index is 1.98. The van der Waals surface area contributed by atoms with Gasteiger partial charge >= 0.3 is 0 Å². The van der Waals surface area contributed by atoms with Crippen LogP contribution in [0.15, 0.2) is 0 Å². The molecule has 2 aliphatic rings. The minimum atomic E-state index is -0.00264. The van der Waals surface area contributed by atoms with Gasteiger partial charge in [-0.25, -0.2) is 0 Å². The van der Waals surface area contributed by atoms with Gasteiger partial charge in [0.15, 0.2) is 0 Å². The summed E-state index contributed by atoms with van der Waals surface area (Å²) in [6, 6.07) is 0. The van der Waals surface area contributed by atoms with Gasteiger partial charge in [0, 0.05) is 18.5 Å². The molecule has 0 aromatic heterocycles. The van der Waals surface area contributed by atoms with Gasteiger partial charge in [0.05, 0.1) is 0 Å². The molecule has 0 unspecified atom stereocenters. The van der Waals surface area contributed by atoms with Crippen LogP contribution < -0.4 is 0 Å². The van der Waals surface area contributed by atoms with E-state index in [1.54, 1.807) is 0 Å². The molecule has 0 spiro atoms. The third-order valence-corrected chi connectivity index (χ3v) is 3.87. The molecular formula is C12H21NO. The summed E-state index contributed by atoms with van der Waals surface area (Å²) in [5.41, 5.74) is -0.00264. The maximum Gasteiger partial charge on any atom is 0.228 e. The largest absolute Gasteiger partial charge is 0.342 e. The highest BCUT2D eigenvalue weighted by Gasteiger charge is 2.39. The minimum Gasteiger partial charge on any atom is -0.342 e. The van der Waals surface area contributed by atoms with Crippen LogP contribution in [0.3, 0.4) is 0 Å². The standard InChI is InChI=1S/C12H21NO/c1-12(7-3-4-8-12)11(14)13-9-5-2-6-10-13/h2-10H2,1H3. The van der Waals surface area contributed by atoms with Crippen LogP contribution in [0.1, 0.15) is 51.9 Å². The third-order valence-electron chi connectivity index (χ3n) is 3.87. The van der Waals surface area contributed by atoms with E-state index in [9.17, 15) is 4.79 Å². The Labute approximate surface area is 86.7 Å². The summed E-state index contributed by atoms with van der Waals surface area (Å²) in [4.78, 5) is 14.4. The number of carbonyl (C=O) groups is 1. The van der Waals surface area contributed by atoms with Gasteiger partial charge in [-0.1, -0.05) is 19.8 Å². The third kappa shape index (κ3) is 1.79. The highest BCUT2D eigenvalue weighted by atomic mass is 16.2. The van der Waals surface area contributed by atoms with Crippen molar-refractivity contribution in [1.29, 1.82) is 0 Å². The topological polar surface area (TPSA) is 20.3 Å². The fourth-order valence-corrected chi connectivity index (χ4v) is 2.85. The molecule has 14 heavy (non-hydrogen) atoms. The highest BCUT2D eigenvalue weighted by molar-refractivity contribution is 5.82. The second kappa shape index (κ2) is 3.92. The van der Waals surface area contributed by atoms with Gasteiger partial charge in [0.2, 0.25) is 5.91 Å². The van der Waals surface area contributed by atoms with Crippen molar-refractivity contribution >= 4 is 5.91 Å². The predicted molar refractivity (Wildman–Crippen MR) is 57.0 cm³/mol. The van der Waals surface area contributed by atoms with Crippen LogP contribution in [0.5, 0.6) is 0 Å². The molecule has 2 nitrogen and oxygen atoms in total. The van der Waals surface area contributed by atoms with Crippen molar-refractivity contribution in [1.82, 2.24) is 4.90 Å². The molecule has 1 heterocycles. The van der Waals surface area contributed by atoms with Crippen molar-refractivity contribution in [2.45, 2.75) is 51.9 Å². The number of nitrogens with zero attached hydrogens (tertiary/aromatic N) is 1. The van der Waals surface area contributed by atoms with Gasteiger partial charge in [0.1, 0.15) is 0 Å². The first-order valence-corrected chi connectivity index (χ1v) is 6.02. The number of amides is 1. The number of hydrogen-bond donors (Lipinski definition) is 0. The first-order chi connectivity index (χ1) is 6.72. The second-order valence-electron chi connectivity index (χ2n) is 5.12. The lowest BCUT2D eigenvalue weighted by Gasteiger charge is -2.34. The molecule has 1 saturated heterocycles. The molecule has 0 radical (unpaired) electrons. The molecule has 1 aliphatic heterocycles. The molecule has 1 saturated carbocycles. The molecule has 2 heteroatoms. The van der Waals surface area contributed by atoms with Crippen molar-refractivity contribution in [2.24, 2.45) is 5.41 Å². The van der Waals surface area contributed by atoms with Gasteiger partial charge < -0.3 is 4.90 Å². The van der Waals surface area contributed by atoms with Gasteiger partial charge in [0.25, 0.3) is 0 Å². The quantitative estimate of drug-likeness (QED) is 0.629.